The van der Waals surface area contributed by atoms with Gasteiger partial charge in [-0.3, -0.25) is 0 Å². The third-order valence-electron chi connectivity index (χ3n) is 3.55. The van der Waals surface area contributed by atoms with E-state index in [-0.39, 0.29) is 10.4 Å². The first-order valence-electron chi connectivity index (χ1n) is 5.88. The van der Waals surface area contributed by atoms with Crippen molar-refractivity contribution in [2.24, 2.45) is 0 Å². The summed E-state index contributed by atoms with van der Waals surface area (Å²) in [6.45, 7) is 2.01. The van der Waals surface area contributed by atoms with Gasteiger partial charge in [0.25, 0.3) is 0 Å². The molecule has 2 rings (SSSR count). The van der Waals surface area contributed by atoms with Crippen molar-refractivity contribution in [3.05, 3.63) is 24.3 Å². The molecule has 1 saturated carbocycles. The number of para-hydroxylation sites is 1. The van der Waals surface area contributed by atoms with Gasteiger partial charge in [0.2, 0.25) is 10.0 Å². The minimum absolute atomic E-state index is 0.180. The van der Waals surface area contributed by atoms with Crippen LogP contribution in [0.5, 0.6) is 0 Å². The Kier molecular flexibility index (Phi) is 3.14. The van der Waals surface area contributed by atoms with Crippen LogP contribution in [0.25, 0.3) is 0 Å². The molecule has 1 aromatic rings. The molecule has 0 unspecified atom stereocenters. The summed E-state index contributed by atoms with van der Waals surface area (Å²) < 4.78 is 27.3. The van der Waals surface area contributed by atoms with Crippen molar-refractivity contribution < 1.29 is 8.42 Å². The molecule has 0 aliphatic heterocycles. The summed E-state index contributed by atoms with van der Waals surface area (Å²) in [6, 6.07) is 6.56. The van der Waals surface area contributed by atoms with Crippen molar-refractivity contribution in [3.8, 4) is 0 Å². The fourth-order valence-corrected chi connectivity index (χ4v) is 3.86. The average Bonchev–Trinajstić information content (AvgIpc) is 2.24. The molecule has 0 radical (unpaired) electrons. The maximum atomic E-state index is 12.2. The van der Waals surface area contributed by atoms with Crippen LogP contribution >= 0.6 is 0 Å². The van der Waals surface area contributed by atoms with Crippen LogP contribution in [0.4, 0.5) is 5.69 Å². The minimum Gasteiger partial charge on any atom is -0.398 e. The van der Waals surface area contributed by atoms with Crippen molar-refractivity contribution in [1.82, 2.24) is 4.72 Å². The molecule has 1 aliphatic carbocycles. The van der Waals surface area contributed by atoms with Crippen molar-refractivity contribution >= 4 is 15.7 Å². The number of hydrogen-bond acceptors (Lipinski definition) is 3. The van der Waals surface area contributed by atoms with E-state index in [2.05, 4.69) is 4.72 Å². The second-order valence-electron chi connectivity index (χ2n) is 4.63. The Morgan fingerprint density at radius 2 is 2.00 bits per heavy atom. The second kappa shape index (κ2) is 4.31. The number of rotatable bonds is 4. The number of nitrogens with one attached hydrogen (secondary N) is 1. The van der Waals surface area contributed by atoms with Crippen LogP contribution in [0.3, 0.4) is 0 Å². The van der Waals surface area contributed by atoms with E-state index in [1.54, 1.807) is 24.3 Å². The lowest BCUT2D eigenvalue weighted by Gasteiger charge is -2.41. The van der Waals surface area contributed by atoms with Crippen LogP contribution < -0.4 is 10.5 Å². The first-order valence-corrected chi connectivity index (χ1v) is 7.36. The average molecular weight is 254 g/mol. The van der Waals surface area contributed by atoms with E-state index in [1.807, 2.05) is 6.92 Å². The number of sulfonamides is 1. The molecule has 4 nitrogen and oxygen atoms in total. The molecule has 1 aliphatic rings. The summed E-state index contributed by atoms with van der Waals surface area (Å²) in [5.41, 5.74) is 5.76. The van der Waals surface area contributed by atoms with E-state index in [9.17, 15) is 8.42 Å². The van der Waals surface area contributed by atoms with Crippen molar-refractivity contribution in [2.45, 2.75) is 43.0 Å². The topological polar surface area (TPSA) is 72.2 Å². The monoisotopic (exact) mass is 254 g/mol. The fraction of sp³-hybridized carbons (Fsp3) is 0.500. The molecular weight excluding hydrogens is 236 g/mol. The summed E-state index contributed by atoms with van der Waals surface area (Å²) in [4.78, 5) is 0.180. The van der Waals surface area contributed by atoms with Crippen molar-refractivity contribution in [3.63, 3.8) is 0 Å². The maximum absolute atomic E-state index is 12.2. The van der Waals surface area contributed by atoms with Crippen LogP contribution in [0.15, 0.2) is 29.2 Å². The molecule has 17 heavy (non-hydrogen) atoms. The van der Waals surface area contributed by atoms with Gasteiger partial charge < -0.3 is 5.73 Å². The lowest BCUT2D eigenvalue weighted by atomic mass is 9.76. The van der Waals surface area contributed by atoms with Gasteiger partial charge in [-0.2, -0.15) is 0 Å². The summed E-state index contributed by atoms with van der Waals surface area (Å²) in [6.07, 6.45) is 3.73. The molecule has 1 aromatic carbocycles. The highest BCUT2D eigenvalue weighted by Crippen LogP contribution is 2.36. The van der Waals surface area contributed by atoms with Gasteiger partial charge >= 0.3 is 0 Å². The van der Waals surface area contributed by atoms with Crippen LogP contribution in [-0.4, -0.2) is 14.0 Å². The Balaban J connectivity index is 2.29. The van der Waals surface area contributed by atoms with Gasteiger partial charge in [0.05, 0.1) is 5.69 Å². The number of benzene rings is 1. The SMILES string of the molecule is CCC1(NS(=O)(=O)c2ccccc2N)CCC1. The first kappa shape index (κ1) is 12.4. The summed E-state index contributed by atoms with van der Waals surface area (Å²) in [7, 11) is -3.50. The largest absolute Gasteiger partial charge is 0.398 e. The van der Waals surface area contributed by atoms with Gasteiger partial charge in [-0.05, 0) is 37.8 Å². The second-order valence-corrected chi connectivity index (χ2v) is 6.28. The fourth-order valence-electron chi connectivity index (χ4n) is 2.20. The highest BCUT2D eigenvalue weighted by molar-refractivity contribution is 7.89. The van der Waals surface area contributed by atoms with E-state index in [0.717, 1.165) is 25.7 Å². The van der Waals surface area contributed by atoms with Gasteiger partial charge in [-0.25, -0.2) is 13.1 Å². The molecule has 0 saturated heterocycles. The molecule has 0 heterocycles. The van der Waals surface area contributed by atoms with Crippen molar-refractivity contribution in [1.29, 1.82) is 0 Å². The summed E-state index contributed by atoms with van der Waals surface area (Å²) in [5, 5.41) is 0. The third kappa shape index (κ3) is 2.30. The summed E-state index contributed by atoms with van der Waals surface area (Å²) >= 11 is 0. The maximum Gasteiger partial charge on any atom is 0.243 e. The van der Waals surface area contributed by atoms with E-state index >= 15 is 0 Å². The van der Waals surface area contributed by atoms with E-state index in [0.29, 0.717) is 5.69 Å². The molecule has 1 fully saturated rings. The zero-order chi connectivity index (χ0) is 12.5. The van der Waals surface area contributed by atoms with E-state index in [4.69, 9.17) is 5.73 Å². The van der Waals surface area contributed by atoms with Gasteiger partial charge in [-0.15, -0.1) is 0 Å². The minimum atomic E-state index is -3.50. The Labute approximate surface area is 102 Å². The van der Waals surface area contributed by atoms with Crippen molar-refractivity contribution in [2.75, 3.05) is 5.73 Å². The first-order chi connectivity index (χ1) is 7.99. The molecule has 0 aromatic heterocycles. The molecule has 94 valence electrons. The normalized spacial score (nSPS) is 18.6. The highest BCUT2D eigenvalue weighted by Gasteiger charge is 2.39. The zero-order valence-electron chi connectivity index (χ0n) is 9.94. The highest BCUT2D eigenvalue weighted by atomic mass is 32.2. The molecule has 0 bridgehead atoms. The number of nitrogens with two attached hydrogens (primary N) is 1. The van der Waals surface area contributed by atoms with E-state index < -0.39 is 10.0 Å². The zero-order valence-corrected chi connectivity index (χ0v) is 10.8. The van der Waals surface area contributed by atoms with Crippen LogP contribution in [0.1, 0.15) is 32.6 Å². The number of nitrogen functional groups attached to an aromatic ring is 1. The molecular formula is C12H18N2O2S. The van der Waals surface area contributed by atoms with Gasteiger partial charge in [0.15, 0.2) is 0 Å². The Bertz CT molecular complexity index is 501. The van der Waals surface area contributed by atoms with Gasteiger partial charge in [-0.1, -0.05) is 19.1 Å². The van der Waals surface area contributed by atoms with Gasteiger partial charge in [0, 0.05) is 5.54 Å². The predicted molar refractivity (Wildman–Crippen MR) is 68.0 cm³/mol. The molecule has 0 atom stereocenters. The summed E-state index contributed by atoms with van der Waals surface area (Å²) in [5.74, 6) is 0. The number of hydrogen-bond donors (Lipinski definition) is 2. The van der Waals surface area contributed by atoms with E-state index in [1.165, 1.54) is 0 Å². The predicted octanol–water partition coefficient (Wildman–Crippen LogP) is 1.88. The quantitative estimate of drug-likeness (QED) is 0.806. The Hall–Kier alpha value is -1.07. The molecule has 0 amide bonds. The Morgan fingerprint density at radius 3 is 2.47 bits per heavy atom. The lowest BCUT2D eigenvalue weighted by Crippen LogP contribution is -2.52. The van der Waals surface area contributed by atoms with Crippen LogP contribution in [0.2, 0.25) is 0 Å². The van der Waals surface area contributed by atoms with Crippen LogP contribution in [0, 0.1) is 0 Å². The Morgan fingerprint density at radius 1 is 1.35 bits per heavy atom. The standard InChI is InChI=1S/C12H18N2O2S/c1-2-12(8-5-9-12)14-17(15,16)11-7-4-3-6-10(11)13/h3-4,6-7,14H,2,5,8-9,13H2,1H3. The third-order valence-corrected chi connectivity index (χ3v) is 5.20. The van der Waals surface area contributed by atoms with Crippen LogP contribution in [-0.2, 0) is 10.0 Å². The smallest absolute Gasteiger partial charge is 0.243 e. The number of anilines is 1. The lowest BCUT2D eigenvalue weighted by molar-refractivity contribution is 0.214. The molecule has 3 N–H and O–H groups in total. The molecule has 0 spiro atoms. The van der Waals surface area contributed by atoms with Gasteiger partial charge in [0.1, 0.15) is 4.90 Å². The molecule has 5 heteroatoms.